The average molecular weight is 445 g/mol. The molecule has 3 aromatic rings. The molecule has 33 heavy (non-hydrogen) atoms. The van der Waals surface area contributed by atoms with Crippen LogP contribution < -0.4 is 10.6 Å². The van der Waals surface area contributed by atoms with Crippen molar-refractivity contribution in [2.24, 2.45) is 5.90 Å². The summed E-state index contributed by atoms with van der Waals surface area (Å²) in [6.07, 6.45) is 8.79. The summed E-state index contributed by atoms with van der Waals surface area (Å²) < 4.78 is 7.65. The predicted octanol–water partition coefficient (Wildman–Crippen LogP) is 5.20. The van der Waals surface area contributed by atoms with Gasteiger partial charge in [0.05, 0.1) is 24.8 Å². The van der Waals surface area contributed by atoms with Gasteiger partial charge in [-0.05, 0) is 61.1 Å². The largest absolute Gasteiger partial charge is 0.495 e. The van der Waals surface area contributed by atoms with Crippen LogP contribution in [-0.4, -0.2) is 34.7 Å². The minimum atomic E-state index is -0.128. The number of imidazole rings is 1. The average Bonchev–Trinajstić information content (AvgIpc) is 3.28. The lowest BCUT2D eigenvalue weighted by Gasteiger charge is -2.34. The van der Waals surface area contributed by atoms with Gasteiger partial charge in [0, 0.05) is 25.0 Å². The van der Waals surface area contributed by atoms with Gasteiger partial charge in [0.25, 0.3) is 0 Å². The molecule has 172 valence electrons. The number of aryl methyl sites for hydroxylation is 1. The summed E-state index contributed by atoms with van der Waals surface area (Å²) in [6.45, 7) is 8.21. The lowest BCUT2D eigenvalue weighted by atomic mass is 9.97. The Kier molecular flexibility index (Phi) is 7.27. The third-order valence-corrected chi connectivity index (χ3v) is 6.16. The van der Waals surface area contributed by atoms with Gasteiger partial charge >= 0.3 is 0 Å². The van der Waals surface area contributed by atoms with E-state index in [0.29, 0.717) is 0 Å². The highest BCUT2D eigenvalue weighted by Gasteiger charge is 2.20. The minimum absolute atomic E-state index is 0.128. The van der Waals surface area contributed by atoms with Crippen molar-refractivity contribution in [3.8, 4) is 11.4 Å². The summed E-state index contributed by atoms with van der Waals surface area (Å²) in [5, 5.41) is 0. The zero-order valence-electron chi connectivity index (χ0n) is 19.4. The van der Waals surface area contributed by atoms with Crippen LogP contribution in [0.5, 0.6) is 5.75 Å². The summed E-state index contributed by atoms with van der Waals surface area (Å²) in [5.41, 5.74) is 6.45. The maximum atomic E-state index is 5.67. The van der Waals surface area contributed by atoms with Crippen LogP contribution in [0, 0.1) is 6.92 Å². The Morgan fingerprint density at radius 2 is 2.03 bits per heavy atom. The molecule has 1 aliphatic heterocycles. The number of allylic oxidation sites excluding steroid dienone is 1. The fourth-order valence-corrected chi connectivity index (χ4v) is 4.35. The highest BCUT2D eigenvalue weighted by molar-refractivity contribution is 5.63. The molecule has 1 fully saturated rings. The second-order valence-electron chi connectivity index (χ2n) is 8.38. The van der Waals surface area contributed by atoms with Crippen LogP contribution >= 0.6 is 0 Å². The van der Waals surface area contributed by atoms with Crippen molar-refractivity contribution in [3.05, 3.63) is 95.7 Å². The molecule has 6 nitrogen and oxygen atoms in total. The number of aromatic nitrogens is 2. The first-order valence-corrected chi connectivity index (χ1v) is 11.3. The molecule has 0 bridgehead atoms. The Morgan fingerprint density at radius 1 is 1.21 bits per heavy atom. The normalized spacial score (nSPS) is 16.3. The van der Waals surface area contributed by atoms with E-state index in [2.05, 4.69) is 52.9 Å². The number of piperidine rings is 1. The van der Waals surface area contributed by atoms with Crippen LogP contribution in [0.4, 0.5) is 0 Å². The molecule has 1 aromatic heterocycles. The van der Waals surface area contributed by atoms with Crippen LogP contribution in [-0.2, 0) is 4.84 Å². The maximum absolute atomic E-state index is 5.67. The molecule has 2 N–H and O–H groups in total. The zero-order chi connectivity index (χ0) is 23.2. The number of nitrogens with zero attached hydrogens (tertiary/aromatic N) is 3. The van der Waals surface area contributed by atoms with Crippen LogP contribution in [0.3, 0.4) is 0 Å². The molecule has 4 rings (SSSR count). The third kappa shape index (κ3) is 5.35. The monoisotopic (exact) mass is 444 g/mol. The van der Waals surface area contributed by atoms with Crippen molar-refractivity contribution < 1.29 is 9.57 Å². The van der Waals surface area contributed by atoms with E-state index in [1.54, 1.807) is 13.4 Å². The molecular weight excluding hydrogens is 412 g/mol. The van der Waals surface area contributed by atoms with Gasteiger partial charge in [0.15, 0.2) is 0 Å². The molecule has 6 heteroatoms. The number of hydrogen-bond donors (Lipinski definition) is 1. The Labute approximate surface area is 195 Å². The van der Waals surface area contributed by atoms with Gasteiger partial charge in [-0.15, -0.1) is 0 Å². The summed E-state index contributed by atoms with van der Waals surface area (Å²) in [7, 11) is 1.70. The smallest absolute Gasteiger partial charge is 0.143 e. The number of ether oxygens (including phenoxy) is 1. The Morgan fingerprint density at radius 3 is 2.73 bits per heavy atom. The molecule has 0 amide bonds. The van der Waals surface area contributed by atoms with Crippen molar-refractivity contribution in [1.29, 1.82) is 0 Å². The number of nitrogens with two attached hydrogens (primary N) is 1. The van der Waals surface area contributed by atoms with E-state index >= 15 is 0 Å². The maximum Gasteiger partial charge on any atom is 0.143 e. The highest BCUT2D eigenvalue weighted by atomic mass is 16.6. The van der Waals surface area contributed by atoms with E-state index in [-0.39, 0.29) is 6.10 Å². The molecule has 1 atom stereocenters. The predicted molar refractivity (Wildman–Crippen MR) is 132 cm³/mol. The van der Waals surface area contributed by atoms with Crippen LogP contribution in [0.2, 0.25) is 0 Å². The lowest BCUT2D eigenvalue weighted by Crippen LogP contribution is -2.31. The first-order chi connectivity index (χ1) is 16.1. The Hall–Kier alpha value is -3.35. The third-order valence-electron chi connectivity index (χ3n) is 6.16. The van der Waals surface area contributed by atoms with Crippen molar-refractivity contribution in [1.82, 2.24) is 14.5 Å². The van der Waals surface area contributed by atoms with Gasteiger partial charge in [0.1, 0.15) is 11.9 Å². The topological polar surface area (TPSA) is 65.5 Å². The lowest BCUT2D eigenvalue weighted by molar-refractivity contribution is 0.0405. The minimum Gasteiger partial charge on any atom is -0.495 e. The molecule has 0 radical (unpaired) electrons. The molecule has 1 aliphatic rings. The molecular formula is C27H32N4O2. The second-order valence-corrected chi connectivity index (χ2v) is 8.38. The van der Waals surface area contributed by atoms with Crippen LogP contribution in [0.1, 0.15) is 42.2 Å². The van der Waals surface area contributed by atoms with E-state index in [0.717, 1.165) is 66.3 Å². The van der Waals surface area contributed by atoms with Gasteiger partial charge in [-0.2, -0.15) is 0 Å². The van der Waals surface area contributed by atoms with Crippen LogP contribution in [0.25, 0.3) is 11.8 Å². The van der Waals surface area contributed by atoms with Gasteiger partial charge in [-0.3, -0.25) is 4.84 Å². The summed E-state index contributed by atoms with van der Waals surface area (Å²) in [6, 6.07) is 16.4. The van der Waals surface area contributed by atoms with Crippen molar-refractivity contribution in [2.45, 2.75) is 32.3 Å². The number of hydrogen-bond acceptors (Lipinski definition) is 5. The fraction of sp³-hybridized carbons (Fsp3) is 0.296. The quantitative estimate of drug-likeness (QED) is 0.484. The standard InChI is InChI=1S/C27H32N4O2/c1-20-18-31(19-29-20)25-12-11-22(17-27(25)32-3)16-24-10-7-14-30(21(24)2)15-13-26(33-28)23-8-5-4-6-9-23/h4-6,8-9,11-12,16-19,26H,2,7,10,13-15,28H2,1,3H3/b24-16+. The van der Waals surface area contributed by atoms with Crippen molar-refractivity contribution in [3.63, 3.8) is 0 Å². The fourth-order valence-electron chi connectivity index (χ4n) is 4.35. The van der Waals surface area contributed by atoms with Gasteiger partial charge in [-0.25, -0.2) is 10.9 Å². The summed E-state index contributed by atoms with van der Waals surface area (Å²) >= 11 is 0. The van der Waals surface area contributed by atoms with Crippen molar-refractivity contribution in [2.75, 3.05) is 20.2 Å². The Balaban J connectivity index is 1.47. The SMILES string of the molecule is C=C1/C(=C/c2ccc(-n3cnc(C)c3)c(OC)c2)CCCN1CCC(ON)c1ccccc1. The molecule has 1 unspecified atom stereocenters. The molecule has 0 saturated carbocycles. The first-order valence-electron chi connectivity index (χ1n) is 11.3. The summed E-state index contributed by atoms with van der Waals surface area (Å²) in [4.78, 5) is 11.9. The van der Waals surface area contributed by atoms with Gasteiger partial charge < -0.3 is 14.2 Å². The first kappa shape index (κ1) is 22.8. The highest BCUT2D eigenvalue weighted by Crippen LogP contribution is 2.31. The van der Waals surface area contributed by atoms with E-state index in [1.807, 2.05) is 35.9 Å². The molecule has 1 saturated heterocycles. The van der Waals surface area contributed by atoms with Crippen molar-refractivity contribution >= 4 is 6.08 Å². The molecule has 0 spiro atoms. The number of methoxy groups -OCH3 is 1. The molecule has 0 aliphatic carbocycles. The van der Waals surface area contributed by atoms with E-state index < -0.39 is 0 Å². The van der Waals surface area contributed by atoms with E-state index in [1.165, 1.54) is 5.57 Å². The van der Waals surface area contributed by atoms with Gasteiger partial charge in [-0.1, -0.05) is 43.0 Å². The number of rotatable bonds is 8. The second kappa shape index (κ2) is 10.5. The molecule has 2 heterocycles. The van der Waals surface area contributed by atoms with Crippen LogP contribution in [0.15, 0.2) is 78.9 Å². The number of likely N-dealkylation sites (tertiary alicyclic amines) is 1. The van der Waals surface area contributed by atoms with Gasteiger partial charge in [0.2, 0.25) is 0 Å². The number of benzene rings is 2. The van der Waals surface area contributed by atoms with E-state index in [9.17, 15) is 0 Å². The summed E-state index contributed by atoms with van der Waals surface area (Å²) in [5.74, 6) is 6.41. The molecule has 2 aromatic carbocycles. The van der Waals surface area contributed by atoms with E-state index in [4.69, 9.17) is 15.5 Å². The Bertz CT molecular complexity index is 1120. The zero-order valence-corrected chi connectivity index (χ0v) is 19.4.